The van der Waals surface area contributed by atoms with Gasteiger partial charge in [0.2, 0.25) is 11.8 Å². The van der Waals surface area contributed by atoms with Crippen LogP contribution in [0.3, 0.4) is 0 Å². The van der Waals surface area contributed by atoms with E-state index in [-0.39, 0.29) is 5.91 Å². The lowest BCUT2D eigenvalue weighted by atomic mass is 10.1. The van der Waals surface area contributed by atoms with Gasteiger partial charge in [0.15, 0.2) is 0 Å². The van der Waals surface area contributed by atoms with Gasteiger partial charge >= 0.3 is 0 Å². The average Bonchev–Trinajstić information content (AvgIpc) is 2.55. The Balaban J connectivity index is 1.78. The van der Waals surface area contributed by atoms with E-state index in [1.54, 1.807) is 18.2 Å². The van der Waals surface area contributed by atoms with Crippen LogP contribution in [0.1, 0.15) is 46.3 Å². The number of hydrogen-bond donors (Lipinski definition) is 2. The van der Waals surface area contributed by atoms with Crippen molar-refractivity contribution in [2.75, 3.05) is 5.32 Å². The van der Waals surface area contributed by atoms with E-state index >= 15 is 0 Å². The van der Waals surface area contributed by atoms with Gasteiger partial charge in [-0.1, -0.05) is 35.9 Å². The molecule has 126 valence electrons. The minimum atomic E-state index is -0.485. The molecule has 0 radical (unpaired) electrons. The van der Waals surface area contributed by atoms with Crippen molar-refractivity contribution in [2.45, 2.75) is 39.5 Å². The first kappa shape index (κ1) is 17.7. The van der Waals surface area contributed by atoms with Crippen LogP contribution in [0.2, 0.25) is 0 Å². The molecule has 4 nitrogen and oxygen atoms in total. The van der Waals surface area contributed by atoms with Crippen molar-refractivity contribution < 1.29 is 9.59 Å². The lowest BCUT2D eigenvalue weighted by Crippen LogP contribution is -2.15. The molecule has 24 heavy (non-hydrogen) atoms. The molecule has 0 aliphatic carbocycles. The molecule has 0 aliphatic heterocycles. The van der Waals surface area contributed by atoms with Crippen molar-refractivity contribution in [3.63, 3.8) is 0 Å². The number of unbranched alkanes of at least 4 members (excludes halogenated alkanes) is 1. The Morgan fingerprint density at radius 1 is 1.00 bits per heavy atom. The van der Waals surface area contributed by atoms with E-state index in [2.05, 4.69) is 36.5 Å². The summed E-state index contributed by atoms with van der Waals surface area (Å²) >= 11 is 0. The zero-order chi connectivity index (χ0) is 17.5. The molecule has 0 fully saturated rings. The van der Waals surface area contributed by atoms with Gasteiger partial charge in [-0.15, -0.1) is 0 Å². The van der Waals surface area contributed by atoms with E-state index in [1.807, 2.05) is 6.92 Å². The third kappa shape index (κ3) is 5.23. The van der Waals surface area contributed by atoms with E-state index in [1.165, 1.54) is 11.1 Å². The van der Waals surface area contributed by atoms with Gasteiger partial charge in [0.25, 0.3) is 0 Å². The molecule has 2 aromatic rings. The number of aryl methyl sites for hydroxylation is 3. The minimum Gasteiger partial charge on any atom is -0.366 e. The number of nitrogens with two attached hydrogens (primary N) is 1. The fraction of sp³-hybridized carbons (Fsp3) is 0.300. The highest BCUT2D eigenvalue weighted by molar-refractivity contribution is 5.97. The normalized spacial score (nSPS) is 10.4. The van der Waals surface area contributed by atoms with Crippen LogP contribution in [-0.2, 0) is 11.2 Å². The Morgan fingerprint density at radius 2 is 1.71 bits per heavy atom. The lowest BCUT2D eigenvalue weighted by molar-refractivity contribution is -0.116. The number of hydrogen-bond acceptors (Lipinski definition) is 2. The van der Waals surface area contributed by atoms with Gasteiger partial charge < -0.3 is 11.1 Å². The van der Waals surface area contributed by atoms with Crippen LogP contribution in [0.4, 0.5) is 5.69 Å². The smallest absolute Gasteiger partial charge is 0.249 e. The third-order valence-electron chi connectivity index (χ3n) is 4.03. The van der Waals surface area contributed by atoms with E-state index in [0.717, 1.165) is 24.8 Å². The first-order valence-corrected chi connectivity index (χ1v) is 8.21. The highest BCUT2D eigenvalue weighted by Gasteiger charge is 2.08. The number of carbonyl (C=O) groups excluding carboxylic acids is 2. The predicted octanol–water partition coefficient (Wildman–Crippen LogP) is 3.75. The molecule has 0 aromatic heterocycles. The minimum absolute atomic E-state index is 0.0434. The van der Waals surface area contributed by atoms with Crippen LogP contribution in [0.15, 0.2) is 42.5 Å². The van der Waals surface area contributed by atoms with E-state index in [4.69, 9.17) is 5.73 Å². The Hall–Kier alpha value is -2.62. The second-order valence-electron chi connectivity index (χ2n) is 6.13. The summed E-state index contributed by atoms with van der Waals surface area (Å²) in [6, 6.07) is 13.7. The molecule has 2 rings (SSSR count). The molecule has 3 N–H and O–H groups in total. The lowest BCUT2D eigenvalue weighted by Gasteiger charge is -2.08. The number of anilines is 1. The van der Waals surface area contributed by atoms with Gasteiger partial charge in [-0.25, -0.2) is 0 Å². The molecular weight excluding hydrogens is 300 g/mol. The van der Waals surface area contributed by atoms with Crippen molar-refractivity contribution in [1.29, 1.82) is 0 Å². The zero-order valence-corrected chi connectivity index (χ0v) is 14.3. The van der Waals surface area contributed by atoms with Gasteiger partial charge in [-0.05, 0) is 56.4 Å². The zero-order valence-electron chi connectivity index (χ0n) is 14.3. The van der Waals surface area contributed by atoms with Gasteiger partial charge in [-0.2, -0.15) is 0 Å². The van der Waals surface area contributed by atoms with Crippen molar-refractivity contribution >= 4 is 17.5 Å². The molecule has 0 bridgehead atoms. The summed E-state index contributed by atoms with van der Waals surface area (Å²) in [5, 5.41) is 2.82. The van der Waals surface area contributed by atoms with Gasteiger partial charge in [0.05, 0.1) is 0 Å². The Labute approximate surface area is 143 Å². The topological polar surface area (TPSA) is 72.2 Å². The third-order valence-corrected chi connectivity index (χ3v) is 4.03. The fourth-order valence-electron chi connectivity index (χ4n) is 2.56. The number of nitrogens with one attached hydrogen (secondary N) is 1. The number of rotatable bonds is 7. The van der Waals surface area contributed by atoms with Crippen molar-refractivity contribution in [3.05, 3.63) is 64.7 Å². The number of carbonyl (C=O) groups is 2. The number of amides is 2. The second kappa shape index (κ2) is 8.29. The molecule has 4 heteroatoms. The summed E-state index contributed by atoms with van der Waals surface area (Å²) in [5.74, 6) is -0.528. The Bertz CT molecular complexity index is 721. The maximum atomic E-state index is 12.0. The van der Waals surface area contributed by atoms with Gasteiger partial charge in [0, 0.05) is 17.7 Å². The van der Waals surface area contributed by atoms with Crippen LogP contribution in [0.25, 0.3) is 0 Å². The molecule has 2 amide bonds. The van der Waals surface area contributed by atoms with Crippen LogP contribution in [0.5, 0.6) is 0 Å². The molecule has 0 heterocycles. The summed E-state index contributed by atoms with van der Waals surface area (Å²) in [6.45, 7) is 3.89. The largest absolute Gasteiger partial charge is 0.366 e. The standard InChI is InChI=1S/C20H24N2O2/c1-14-7-10-16(11-8-14)5-3-4-6-19(23)22-17-12-9-15(2)18(13-17)20(21)24/h7-13H,3-6H2,1-2H3,(H2,21,24)(H,22,23). The molecule has 0 aliphatic rings. The number of primary amides is 1. The van der Waals surface area contributed by atoms with Crippen molar-refractivity contribution in [3.8, 4) is 0 Å². The molecule has 2 aromatic carbocycles. The highest BCUT2D eigenvalue weighted by atomic mass is 16.2. The SMILES string of the molecule is Cc1ccc(CCCCC(=O)Nc2ccc(C)c(C(N)=O)c2)cc1. The Kier molecular flexibility index (Phi) is 6.13. The molecule has 0 atom stereocenters. The van der Waals surface area contributed by atoms with Crippen molar-refractivity contribution in [2.24, 2.45) is 5.73 Å². The van der Waals surface area contributed by atoms with E-state index in [0.29, 0.717) is 17.7 Å². The number of benzene rings is 2. The second-order valence-corrected chi connectivity index (χ2v) is 6.13. The maximum absolute atomic E-state index is 12.0. The first-order valence-electron chi connectivity index (χ1n) is 8.21. The Morgan fingerprint density at radius 3 is 2.38 bits per heavy atom. The van der Waals surface area contributed by atoms with Crippen LogP contribution in [-0.4, -0.2) is 11.8 Å². The summed E-state index contributed by atoms with van der Waals surface area (Å²) in [5.41, 5.74) is 9.73. The van der Waals surface area contributed by atoms with E-state index < -0.39 is 5.91 Å². The fourth-order valence-corrected chi connectivity index (χ4v) is 2.56. The van der Waals surface area contributed by atoms with Gasteiger partial charge in [-0.3, -0.25) is 9.59 Å². The quantitative estimate of drug-likeness (QED) is 0.761. The van der Waals surface area contributed by atoms with Crippen LogP contribution < -0.4 is 11.1 Å². The first-order chi connectivity index (χ1) is 11.5. The predicted molar refractivity (Wildman–Crippen MR) is 97.1 cm³/mol. The summed E-state index contributed by atoms with van der Waals surface area (Å²) in [4.78, 5) is 23.3. The van der Waals surface area contributed by atoms with Crippen molar-refractivity contribution in [1.82, 2.24) is 0 Å². The maximum Gasteiger partial charge on any atom is 0.249 e. The van der Waals surface area contributed by atoms with Crippen LogP contribution in [0, 0.1) is 13.8 Å². The molecule has 0 saturated heterocycles. The average molecular weight is 324 g/mol. The highest BCUT2D eigenvalue weighted by Crippen LogP contribution is 2.16. The van der Waals surface area contributed by atoms with Gasteiger partial charge in [0.1, 0.15) is 0 Å². The molecule has 0 saturated carbocycles. The van der Waals surface area contributed by atoms with E-state index in [9.17, 15) is 9.59 Å². The summed E-state index contributed by atoms with van der Waals surface area (Å²) in [7, 11) is 0. The molecule has 0 unspecified atom stereocenters. The molecule has 0 spiro atoms. The van der Waals surface area contributed by atoms with Crippen LogP contribution >= 0.6 is 0 Å². The summed E-state index contributed by atoms with van der Waals surface area (Å²) < 4.78 is 0. The molecular formula is C20H24N2O2. The summed E-state index contributed by atoms with van der Waals surface area (Å²) in [6.07, 6.45) is 3.24. The monoisotopic (exact) mass is 324 g/mol.